The molecule has 0 atom stereocenters. The number of nitriles is 1. The number of rotatable bonds is 2. The third-order valence-corrected chi connectivity index (χ3v) is 7.76. The van der Waals surface area contributed by atoms with Crippen LogP contribution in [0.1, 0.15) is 5.56 Å². The topological polar surface area (TPSA) is 52.9 Å². The fourth-order valence-electron chi connectivity index (χ4n) is 5.85. The summed E-state index contributed by atoms with van der Waals surface area (Å²) in [5.41, 5.74) is 3.40. The van der Waals surface area contributed by atoms with Gasteiger partial charge >= 0.3 is 6.18 Å². The second kappa shape index (κ2) is 9.40. The van der Waals surface area contributed by atoms with Crippen molar-refractivity contribution in [3.05, 3.63) is 131 Å². The van der Waals surface area contributed by atoms with Crippen LogP contribution in [0.5, 0.6) is 0 Å². The molecule has 0 aromatic heterocycles. The van der Waals surface area contributed by atoms with Crippen molar-refractivity contribution in [3.8, 4) is 28.4 Å². The SMILES string of the molecule is [C-]#[N+]/N=c1/c2cc(-c3ccc(-c4ccccc4)cc3)ccc2c2cc3c(=NC#N)c4cc(C(F)(F)F)ccc4c3cc12. The molecule has 7 rings (SSSR count). The Morgan fingerprint density at radius 1 is 0.571 bits per heavy atom. The summed E-state index contributed by atoms with van der Waals surface area (Å²) in [5.74, 6) is 0. The average Bonchev–Trinajstić information content (AvgIpc) is 3.47. The lowest BCUT2D eigenvalue weighted by Crippen LogP contribution is -2.06. The Morgan fingerprint density at radius 2 is 1.10 bits per heavy atom. The first-order valence-electron chi connectivity index (χ1n) is 13.0. The third-order valence-electron chi connectivity index (χ3n) is 7.76. The summed E-state index contributed by atoms with van der Waals surface area (Å²) >= 11 is 0. The van der Waals surface area contributed by atoms with E-state index in [9.17, 15) is 18.4 Å². The van der Waals surface area contributed by atoms with Gasteiger partial charge in [0.1, 0.15) is 0 Å². The molecule has 0 unspecified atom stereocenters. The first-order chi connectivity index (χ1) is 20.4. The molecule has 0 amide bonds. The van der Waals surface area contributed by atoms with Gasteiger partial charge in [-0.3, -0.25) is 0 Å². The van der Waals surface area contributed by atoms with E-state index in [2.05, 4.69) is 51.4 Å². The Bertz CT molecular complexity index is 2400. The van der Waals surface area contributed by atoms with Crippen LogP contribution in [0.15, 0.2) is 113 Å². The first kappa shape index (κ1) is 25.2. The van der Waals surface area contributed by atoms with Gasteiger partial charge in [0.15, 0.2) is 5.36 Å². The van der Waals surface area contributed by atoms with Gasteiger partial charge in [0, 0.05) is 21.5 Å². The number of nitrogens with zero attached hydrogens (tertiary/aromatic N) is 4. The zero-order valence-corrected chi connectivity index (χ0v) is 21.7. The van der Waals surface area contributed by atoms with Crippen molar-refractivity contribution < 1.29 is 13.2 Å². The van der Waals surface area contributed by atoms with E-state index in [1.54, 1.807) is 6.19 Å². The molecule has 7 heteroatoms. The molecule has 0 bridgehead atoms. The molecule has 0 fully saturated rings. The van der Waals surface area contributed by atoms with Crippen LogP contribution >= 0.6 is 0 Å². The minimum atomic E-state index is -4.53. The van der Waals surface area contributed by atoms with Crippen molar-refractivity contribution >= 4 is 43.1 Å². The summed E-state index contributed by atoms with van der Waals surface area (Å²) in [6.07, 6.45) is -2.78. The zero-order chi connectivity index (χ0) is 29.0. The summed E-state index contributed by atoms with van der Waals surface area (Å²) in [5, 5.41) is 19.4. The highest BCUT2D eigenvalue weighted by molar-refractivity contribution is 6.21. The highest BCUT2D eigenvalue weighted by atomic mass is 19.4. The van der Waals surface area contributed by atoms with Gasteiger partial charge in [0.05, 0.1) is 16.0 Å². The third kappa shape index (κ3) is 3.91. The monoisotopic (exact) mass is 550 g/mol. The van der Waals surface area contributed by atoms with E-state index in [-0.39, 0.29) is 10.7 Å². The van der Waals surface area contributed by atoms with E-state index in [0.717, 1.165) is 50.5 Å². The second-order valence-electron chi connectivity index (χ2n) is 10.0. The van der Waals surface area contributed by atoms with Gasteiger partial charge in [-0.15, -0.1) is 4.95 Å². The van der Waals surface area contributed by atoms with Crippen molar-refractivity contribution in [1.29, 1.82) is 5.26 Å². The van der Waals surface area contributed by atoms with E-state index >= 15 is 0 Å². The fourth-order valence-corrected chi connectivity index (χ4v) is 5.85. The van der Waals surface area contributed by atoms with Gasteiger partial charge in [-0.05, 0) is 74.1 Å². The Hall–Kier alpha value is -5.79. The Morgan fingerprint density at radius 3 is 1.71 bits per heavy atom. The van der Waals surface area contributed by atoms with Crippen LogP contribution in [0.3, 0.4) is 0 Å². The van der Waals surface area contributed by atoms with Crippen molar-refractivity contribution in [2.24, 2.45) is 10.1 Å². The standard InChI is InChI=1S/C35H17F3N4/c1-40-42-34-29-15-23(22-9-7-21(8-10-22)20-5-3-2-4-6-20)11-13-25(29)28-17-31-27(18-32(28)34)26-14-12-24(35(36,37)38)16-30(26)33(31)41-19-39/h2-18H/b41-33?,42-34-. The van der Waals surface area contributed by atoms with Crippen LogP contribution in [0.4, 0.5) is 13.2 Å². The number of hydrogen-bond acceptors (Lipinski definition) is 3. The molecule has 0 spiro atoms. The molecule has 0 heterocycles. The normalized spacial score (nSPS) is 12.9. The predicted octanol–water partition coefficient (Wildman–Crippen LogP) is 8.64. The van der Waals surface area contributed by atoms with E-state index in [4.69, 9.17) is 6.57 Å². The second-order valence-corrected chi connectivity index (χ2v) is 10.0. The molecule has 42 heavy (non-hydrogen) atoms. The Labute approximate surface area is 237 Å². The van der Waals surface area contributed by atoms with Gasteiger partial charge in [-0.25, -0.2) is 0 Å². The number of hydrogen-bond donors (Lipinski definition) is 0. The maximum Gasteiger partial charge on any atom is 0.416 e. The molecule has 0 saturated heterocycles. The molecule has 0 radical (unpaired) electrons. The number of fused-ring (bicyclic) bond motifs is 6. The molecular formula is C35H17F3N4. The smallest absolute Gasteiger partial charge is 0.181 e. The lowest BCUT2D eigenvalue weighted by atomic mass is 9.99. The summed E-state index contributed by atoms with van der Waals surface area (Å²) < 4.78 is 40.5. The van der Waals surface area contributed by atoms with Crippen LogP contribution in [0.25, 0.3) is 70.3 Å². The van der Waals surface area contributed by atoms with Gasteiger partial charge < -0.3 is 0 Å². The summed E-state index contributed by atoms with van der Waals surface area (Å²) in [4.78, 5) is 7.26. The lowest BCUT2D eigenvalue weighted by Gasteiger charge is -2.06. The van der Waals surface area contributed by atoms with E-state index in [0.29, 0.717) is 26.9 Å². The van der Waals surface area contributed by atoms with Gasteiger partial charge in [-0.1, -0.05) is 72.8 Å². The van der Waals surface area contributed by atoms with Crippen molar-refractivity contribution in [1.82, 2.24) is 0 Å². The molecule has 198 valence electrons. The van der Waals surface area contributed by atoms with Crippen LogP contribution in [-0.2, 0) is 6.18 Å². The van der Waals surface area contributed by atoms with Crippen LogP contribution in [0, 0.1) is 18.0 Å². The molecule has 7 aromatic carbocycles. The number of alkyl halides is 3. The van der Waals surface area contributed by atoms with Crippen LogP contribution in [-0.4, -0.2) is 0 Å². The predicted molar refractivity (Wildman–Crippen MR) is 158 cm³/mol. The fraction of sp³-hybridized carbons (Fsp3) is 0.0286. The first-order valence-corrected chi connectivity index (χ1v) is 13.0. The largest absolute Gasteiger partial charge is 0.416 e. The zero-order valence-electron chi connectivity index (χ0n) is 21.7. The number of benzene rings is 5. The van der Waals surface area contributed by atoms with Crippen molar-refractivity contribution in [2.45, 2.75) is 6.18 Å². The molecule has 0 saturated carbocycles. The van der Waals surface area contributed by atoms with E-state index in [1.807, 2.05) is 48.5 Å². The molecule has 4 nitrogen and oxygen atoms in total. The molecular weight excluding hydrogens is 533 g/mol. The van der Waals surface area contributed by atoms with E-state index < -0.39 is 11.7 Å². The Kier molecular flexibility index (Phi) is 5.64. The highest BCUT2D eigenvalue weighted by Gasteiger charge is 2.31. The summed E-state index contributed by atoms with van der Waals surface area (Å²) in [7, 11) is 0. The Balaban J connectivity index is 1.47. The molecule has 7 aromatic rings. The van der Waals surface area contributed by atoms with Crippen LogP contribution < -0.4 is 10.7 Å². The maximum atomic E-state index is 13.5. The number of halogens is 3. The van der Waals surface area contributed by atoms with Gasteiger partial charge in [0.2, 0.25) is 6.19 Å². The minimum absolute atomic E-state index is 0.198. The van der Waals surface area contributed by atoms with Crippen molar-refractivity contribution in [2.75, 3.05) is 0 Å². The molecule has 0 aliphatic carbocycles. The maximum absolute atomic E-state index is 13.5. The molecule has 0 aliphatic rings. The lowest BCUT2D eigenvalue weighted by molar-refractivity contribution is -0.137. The van der Waals surface area contributed by atoms with Gasteiger partial charge in [0.25, 0.3) is 0 Å². The molecule has 0 N–H and O–H groups in total. The minimum Gasteiger partial charge on any atom is -0.181 e. The summed E-state index contributed by atoms with van der Waals surface area (Å²) in [6, 6.07) is 31.5. The van der Waals surface area contributed by atoms with E-state index in [1.165, 1.54) is 6.07 Å². The molecule has 0 aliphatic heterocycles. The summed E-state index contributed by atoms with van der Waals surface area (Å²) in [6.45, 7) is 7.49. The average molecular weight is 551 g/mol. The van der Waals surface area contributed by atoms with Crippen molar-refractivity contribution in [3.63, 3.8) is 0 Å². The van der Waals surface area contributed by atoms with Gasteiger partial charge in [-0.2, -0.15) is 30.0 Å². The quantitative estimate of drug-likeness (QED) is 0.121. The highest BCUT2D eigenvalue weighted by Crippen LogP contribution is 2.37. The van der Waals surface area contributed by atoms with Crippen LogP contribution in [0.2, 0.25) is 0 Å².